The molecule has 27 heavy (non-hydrogen) atoms. The highest BCUT2D eigenvalue weighted by Gasteiger charge is 2.27. The second-order valence-corrected chi connectivity index (χ2v) is 6.47. The number of hydrogen-bond acceptors (Lipinski definition) is 6. The number of pyridine rings is 1. The lowest BCUT2D eigenvalue weighted by Crippen LogP contribution is -2.43. The average Bonchev–Trinajstić information content (AvgIpc) is 3.27. The van der Waals surface area contributed by atoms with Crippen molar-refractivity contribution in [1.29, 1.82) is 0 Å². The second kappa shape index (κ2) is 8.05. The van der Waals surface area contributed by atoms with E-state index < -0.39 is 0 Å². The van der Waals surface area contributed by atoms with Crippen molar-refractivity contribution in [3.63, 3.8) is 0 Å². The summed E-state index contributed by atoms with van der Waals surface area (Å²) in [5, 5.41) is 14.0. The Hall–Kier alpha value is -3.13. The zero-order valence-corrected chi connectivity index (χ0v) is 14.8. The molecule has 1 N–H and O–H groups in total. The number of aromatic nitrogens is 5. The molecule has 0 bridgehead atoms. The molecule has 8 nitrogen and oxygen atoms in total. The smallest absolute Gasteiger partial charge is 0.254 e. The number of amides is 1. The van der Waals surface area contributed by atoms with Crippen molar-refractivity contribution in [2.45, 2.75) is 25.6 Å². The third-order valence-electron chi connectivity index (χ3n) is 4.62. The molecule has 1 atom stereocenters. The molecule has 0 spiro atoms. The van der Waals surface area contributed by atoms with Crippen LogP contribution in [-0.2, 0) is 11.3 Å². The fraction of sp³-hybridized carbons (Fsp3) is 0.316. The molecule has 0 aliphatic carbocycles. The van der Waals surface area contributed by atoms with Crippen LogP contribution in [0.4, 0.5) is 0 Å². The van der Waals surface area contributed by atoms with Crippen molar-refractivity contribution in [3.05, 3.63) is 59.9 Å². The molecule has 8 heteroatoms. The van der Waals surface area contributed by atoms with Crippen molar-refractivity contribution in [3.8, 4) is 11.4 Å². The third-order valence-corrected chi connectivity index (χ3v) is 4.62. The summed E-state index contributed by atoms with van der Waals surface area (Å²) in [6.45, 7) is 1.78. The minimum Gasteiger partial charge on any atom is -0.372 e. The number of tetrazole rings is 1. The topological polar surface area (TPSA) is 96.9 Å². The van der Waals surface area contributed by atoms with Crippen LogP contribution in [0.5, 0.6) is 0 Å². The zero-order chi connectivity index (χ0) is 18.5. The van der Waals surface area contributed by atoms with Crippen LogP contribution in [0.3, 0.4) is 0 Å². The largest absolute Gasteiger partial charge is 0.372 e. The van der Waals surface area contributed by atoms with Gasteiger partial charge < -0.3 is 9.64 Å². The molecule has 1 aliphatic rings. The number of carbonyl (C=O) groups is 1. The monoisotopic (exact) mass is 364 g/mol. The van der Waals surface area contributed by atoms with Crippen molar-refractivity contribution < 1.29 is 9.53 Å². The van der Waals surface area contributed by atoms with E-state index in [2.05, 4.69) is 25.6 Å². The van der Waals surface area contributed by atoms with E-state index in [1.54, 1.807) is 18.5 Å². The molecule has 3 heterocycles. The summed E-state index contributed by atoms with van der Waals surface area (Å²) in [4.78, 5) is 19.1. The fourth-order valence-corrected chi connectivity index (χ4v) is 3.27. The first kappa shape index (κ1) is 17.3. The first-order valence-electron chi connectivity index (χ1n) is 8.94. The van der Waals surface area contributed by atoms with E-state index in [1.807, 2.05) is 35.2 Å². The number of hydrogen-bond donors (Lipinski definition) is 1. The van der Waals surface area contributed by atoms with E-state index >= 15 is 0 Å². The number of carbonyl (C=O) groups excluding carboxylic acids is 1. The quantitative estimate of drug-likeness (QED) is 0.744. The molecule has 1 amide bonds. The molecule has 4 rings (SSSR count). The summed E-state index contributed by atoms with van der Waals surface area (Å²) in [5.74, 6) is 0.380. The van der Waals surface area contributed by atoms with Gasteiger partial charge in [0.05, 0.1) is 18.3 Å². The van der Waals surface area contributed by atoms with E-state index in [9.17, 15) is 4.79 Å². The van der Waals surface area contributed by atoms with Crippen LogP contribution in [0.2, 0.25) is 0 Å². The van der Waals surface area contributed by atoms with Gasteiger partial charge in [-0.2, -0.15) is 5.21 Å². The maximum absolute atomic E-state index is 13.1. The van der Waals surface area contributed by atoms with Gasteiger partial charge in [-0.25, -0.2) is 0 Å². The van der Waals surface area contributed by atoms with Gasteiger partial charge in [0.15, 0.2) is 0 Å². The second-order valence-electron chi connectivity index (χ2n) is 6.47. The molecule has 2 aromatic heterocycles. The number of benzene rings is 1. The Balaban J connectivity index is 1.45. The van der Waals surface area contributed by atoms with Gasteiger partial charge >= 0.3 is 0 Å². The van der Waals surface area contributed by atoms with Crippen LogP contribution in [0.25, 0.3) is 11.4 Å². The van der Waals surface area contributed by atoms with Gasteiger partial charge in [0.2, 0.25) is 5.82 Å². The standard InChI is InChI=1S/C19H20N6O2/c26-19(17-8-2-1-7-16(17)18-21-23-24-22-18)25-10-4-6-15(12-25)27-13-14-5-3-9-20-11-14/h1-3,5,7-9,11,15H,4,6,10,12-13H2,(H,21,22,23,24). The molecule has 138 valence electrons. The molecule has 0 saturated carbocycles. The van der Waals surface area contributed by atoms with E-state index in [-0.39, 0.29) is 12.0 Å². The van der Waals surface area contributed by atoms with Gasteiger partial charge in [0, 0.05) is 31.0 Å². The van der Waals surface area contributed by atoms with Crippen LogP contribution in [-0.4, -0.2) is 55.6 Å². The molecule has 0 radical (unpaired) electrons. The highest BCUT2D eigenvalue weighted by Crippen LogP contribution is 2.23. The maximum atomic E-state index is 13.1. The Morgan fingerprint density at radius 1 is 1.26 bits per heavy atom. The van der Waals surface area contributed by atoms with Gasteiger partial charge in [0.25, 0.3) is 5.91 Å². The van der Waals surface area contributed by atoms with Gasteiger partial charge in [-0.15, -0.1) is 10.2 Å². The predicted molar refractivity (Wildman–Crippen MR) is 97.6 cm³/mol. The third kappa shape index (κ3) is 4.01. The number of nitrogens with one attached hydrogen (secondary N) is 1. The van der Waals surface area contributed by atoms with Crippen molar-refractivity contribution in [2.24, 2.45) is 0 Å². The van der Waals surface area contributed by atoms with Crippen LogP contribution in [0.15, 0.2) is 48.8 Å². The molecule has 1 saturated heterocycles. The van der Waals surface area contributed by atoms with Crippen molar-refractivity contribution >= 4 is 5.91 Å². The average molecular weight is 364 g/mol. The van der Waals surface area contributed by atoms with Gasteiger partial charge in [-0.3, -0.25) is 9.78 Å². The number of nitrogens with zero attached hydrogens (tertiary/aromatic N) is 5. The first-order valence-corrected chi connectivity index (χ1v) is 8.94. The van der Waals surface area contributed by atoms with Crippen LogP contribution in [0, 0.1) is 0 Å². The molecule has 1 unspecified atom stereocenters. The first-order chi connectivity index (χ1) is 13.3. The minimum absolute atomic E-state index is 0.0141. The highest BCUT2D eigenvalue weighted by atomic mass is 16.5. The Morgan fingerprint density at radius 2 is 2.19 bits per heavy atom. The van der Waals surface area contributed by atoms with E-state index in [1.165, 1.54) is 0 Å². The number of likely N-dealkylation sites (tertiary alicyclic amines) is 1. The van der Waals surface area contributed by atoms with Gasteiger partial charge in [-0.1, -0.05) is 24.3 Å². The Kier molecular flexibility index (Phi) is 5.15. The number of rotatable bonds is 5. The zero-order valence-electron chi connectivity index (χ0n) is 14.8. The van der Waals surface area contributed by atoms with Gasteiger partial charge in [0.1, 0.15) is 0 Å². The lowest BCUT2D eigenvalue weighted by molar-refractivity contribution is -0.00679. The van der Waals surface area contributed by atoms with Crippen LogP contribution >= 0.6 is 0 Å². The Bertz CT molecular complexity index is 884. The molecule has 1 aliphatic heterocycles. The Labute approximate surface area is 156 Å². The number of H-pyrrole nitrogens is 1. The van der Waals surface area contributed by atoms with E-state index in [4.69, 9.17) is 4.74 Å². The predicted octanol–water partition coefficient (Wildman–Crippen LogP) is 2.08. The summed E-state index contributed by atoms with van der Waals surface area (Å²) in [6, 6.07) is 11.2. The summed E-state index contributed by atoms with van der Waals surface area (Å²) in [7, 11) is 0. The summed E-state index contributed by atoms with van der Waals surface area (Å²) in [6.07, 6.45) is 5.41. The highest BCUT2D eigenvalue weighted by molar-refractivity contribution is 6.00. The summed E-state index contributed by atoms with van der Waals surface area (Å²) >= 11 is 0. The van der Waals surface area contributed by atoms with Crippen molar-refractivity contribution in [1.82, 2.24) is 30.5 Å². The number of piperidine rings is 1. The fourth-order valence-electron chi connectivity index (χ4n) is 3.27. The molecule has 3 aromatic rings. The lowest BCUT2D eigenvalue weighted by atomic mass is 10.0. The minimum atomic E-state index is -0.0370. The molecular formula is C19H20N6O2. The van der Waals surface area contributed by atoms with Crippen LogP contribution < -0.4 is 0 Å². The van der Waals surface area contributed by atoms with E-state index in [0.717, 1.165) is 18.4 Å². The summed E-state index contributed by atoms with van der Waals surface area (Å²) < 4.78 is 6.01. The lowest BCUT2D eigenvalue weighted by Gasteiger charge is -2.33. The normalized spacial score (nSPS) is 17.0. The molecule has 1 aromatic carbocycles. The van der Waals surface area contributed by atoms with Crippen molar-refractivity contribution in [2.75, 3.05) is 13.1 Å². The van der Waals surface area contributed by atoms with Crippen LogP contribution in [0.1, 0.15) is 28.8 Å². The Morgan fingerprint density at radius 3 is 3.00 bits per heavy atom. The number of aromatic amines is 1. The SMILES string of the molecule is O=C(c1ccccc1-c1nn[nH]n1)N1CCCC(OCc2cccnc2)C1. The maximum Gasteiger partial charge on any atom is 0.254 e. The summed E-state index contributed by atoms with van der Waals surface area (Å²) in [5.41, 5.74) is 2.28. The van der Waals surface area contributed by atoms with Gasteiger partial charge in [-0.05, 0) is 35.8 Å². The molecular weight excluding hydrogens is 344 g/mol. The number of ether oxygens (including phenoxy) is 1. The van der Waals surface area contributed by atoms with E-state index in [0.29, 0.717) is 36.6 Å². The molecule has 1 fully saturated rings.